The fourth-order valence-corrected chi connectivity index (χ4v) is 4.76. The standard InChI is InChI=1S/C23H31FN6O3/c24-17-5-3-16(4-6-17)22-14-30-21(15-33-22)20(27-28-30)13-29-9-7-18(8-10-29)26-23(31)25-12-19-2-1-11-32-19/h3-6,18-19,22H,1-2,7-15H2,(H2,25,26,31)/t19-,22+/m1/s1. The van der Waals surface area contributed by atoms with E-state index in [1.165, 1.54) is 12.1 Å². The van der Waals surface area contributed by atoms with Crippen LogP contribution in [0.5, 0.6) is 0 Å². The van der Waals surface area contributed by atoms with E-state index in [0.29, 0.717) is 19.7 Å². The number of urea groups is 1. The molecule has 0 radical (unpaired) electrons. The minimum absolute atomic E-state index is 0.107. The summed E-state index contributed by atoms with van der Waals surface area (Å²) in [7, 11) is 0. The van der Waals surface area contributed by atoms with Crippen LogP contribution in [0.3, 0.4) is 0 Å². The molecule has 33 heavy (non-hydrogen) atoms. The second kappa shape index (κ2) is 10.1. The van der Waals surface area contributed by atoms with Gasteiger partial charge < -0.3 is 20.1 Å². The van der Waals surface area contributed by atoms with E-state index in [1.807, 2.05) is 4.68 Å². The van der Waals surface area contributed by atoms with E-state index in [-0.39, 0.29) is 30.1 Å². The quantitative estimate of drug-likeness (QED) is 0.689. The number of ether oxygens (including phenoxy) is 2. The molecule has 4 heterocycles. The van der Waals surface area contributed by atoms with Crippen molar-refractivity contribution >= 4 is 6.03 Å². The molecule has 0 spiro atoms. The highest BCUT2D eigenvalue weighted by molar-refractivity contribution is 5.74. The van der Waals surface area contributed by atoms with Crippen LogP contribution in [-0.4, -0.2) is 64.3 Å². The van der Waals surface area contributed by atoms with E-state index >= 15 is 0 Å². The van der Waals surface area contributed by atoms with E-state index in [1.54, 1.807) is 12.1 Å². The van der Waals surface area contributed by atoms with Crippen molar-refractivity contribution in [3.63, 3.8) is 0 Å². The van der Waals surface area contributed by atoms with Gasteiger partial charge in [-0.15, -0.1) is 5.10 Å². The summed E-state index contributed by atoms with van der Waals surface area (Å²) in [4.78, 5) is 14.5. The van der Waals surface area contributed by atoms with Gasteiger partial charge in [0.25, 0.3) is 0 Å². The summed E-state index contributed by atoms with van der Waals surface area (Å²) in [6.07, 6.45) is 3.90. The third kappa shape index (κ3) is 5.51. The van der Waals surface area contributed by atoms with Gasteiger partial charge in [-0.05, 0) is 43.4 Å². The number of carbonyl (C=O) groups is 1. The van der Waals surface area contributed by atoms with Crippen molar-refractivity contribution in [3.8, 4) is 0 Å². The third-order valence-corrected chi connectivity index (χ3v) is 6.73. The Morgan fingerprint density at radius 1 is 1.15 bits per heavy atom. The van der Waals surface area contributed by atoms with Crippen LogP contribution in [0.4, 0.5) is 9.18 Å². The molecule has 2 N–H and O–H groups in total. The molecule has 1 aromatic heterocycles. The number of hydrogen-bond donors (Lipinski definition) is 2. The van der Waals surface area contributed by atoms with Gasteiger partial charge in [-0.2, -0.15) is 0 Å². The van der Waals surface area contributed by atoms with Crippen molar-refractivity contribution < 1.29 is 18.7 Å². The number of halogens is 1. The maximum atomic E-state index is 13.2. The van der Waals surface area contributed by atoms with E-state index < -0.39 is 0 Å². The number of rotatable bonds is 6. The fraction of sp³-hybridized carbons (Fsp3) is 0.609. The van der Waals surface area contributed by atoms with Gasteiger partial charge in [0.05, 0.1) is 24.9 Å². The maximum absolute atomic E-state index is 13.2. The number of likely N-dealkylation sites (tertiary alicyclic amines) is 1. The average Bonchev–Trinajstić information content (AvgIpc) is 3.49. The molecule has 0 saturated carbocycles. The summed E-state index contributed by atoms with van der Waals surface area (Å²) in [6, 6.07) is 6.48. The van der Waals surface area contributed by atoms with Crippen molar-refractivity contribution in [2.24, 2.45) is 0 Å². The van der Waals surface area contributed by atoms with Crippen molar-refractivity contribution in [1.82, 2.24) is 30.5 Å². The molecule has 1 aromatic carbocycles. The molecular weight excluding hydrogens is 427 g/mol. The van der Waals surface area contributed by atoms with Crippen molar-refractivity contribution in [3.05, 3.63) is 47.0 Å². The molecule has 3 aliphatic rings. The molecule has 0 aliphatic carbocycles. The Morgan fingerprint density at radius 3 is 2.73 bits per heavy atom. The topological polar surface area (TPSA) is 93.5 Å². The largest absolute Gasteiger partial charge is 0.376 e. The van der Waals surface area contributed by atoms with Gasteiger partial charge in [-0.25, -0.2) is 13.9 Å². The second-order valence-corrected chi connectivity index (χ2v) is 9.06. The Balaban J connectivity index is 1.07. The number of hydrogen-bond acceptors (Lipinski definition) is 6. The Kier molecular flexibility index (Phi) is 6.84. The van der Waals surface area contributed by atoms with Crippen molar-refractivity contribution in [1.29, 1.82) is 0 Å². The summed E-state index contributed by atoms with van der Waals surface area (Å²) in [5.74, 6) is -0.253. The molecule has 178 valence electrons. The Morgan fingerprint density at radius 2 is 1.97 bits per heavy atom. The van der Waals surface area contributed by atoms with Gasteiger partial charge >= 0.3 is 6.03 Å². The van der Waals surface area contributed by atoms with Gasteiger partial charge in [0.1, 0.15) is 17.6 Å². The van der Waals surface area contributed by atoms with Crippen LogP contribution < -0.4 is 10.6 Å². The molecule has 0 bridgehead atoms. The summed E-state index contributed by atoms with van der Waals surface area (Å²) in [6.45, 7) is 4.88. The van der Waals surface area contributed by atoms with E-state index in [2.05, 4.69) is 25.8 Å². The number of nitrogens with one attached hydrogen (secondary N) is 2. The molecule has 5 rings (SSSR count). The molecule has 9 nitrogen and oxygen atoms in total. The Hall–Kier alpha value is -2.56. The number of piperidine rings is 1. The SMILES string of the molecule is O=C(NC[C@H]1CCCO1)NC1CCN(Cc2nnn3c2CO[C@H](c2ccc(F)cc2)C3)CC1. The number of fused-ring (bicyclic) bond motifs is 1. The van der Waals surface area contributed by atoms with Crippen LogP contribution in [0.1, 0.15) is 48.7 Å². The van der Waals surface area contributed by atoms with E-state index in [9.17, 15) is 9.18 Å². The zero-order valence-electron chi connectivity index (χ0n) is 18.7. The van der Waals surface area contributed by atoms with E-state index in [4.69, 9.17) is 9.47 Å². The molecule has 2 amide bonds. The summed E-state index contributed by atoms with van der Waals surface area (Å²) in [5.41, 5.74) is 2.88. The first-order valence-corrected chi connectivity index (χ1v) is 11.8. The molecule has 2 saturated heterocycles. The zero-order valence-corrected chi connectivity index (χ0v) is 18.7. The van der Waals surface area contributed by atoms with Crippen LogP contribution in [0.25, 0.3) is 0 Å². The highest BCUT2D eigenvalue weighted by Gasteiger charge is 2.27. The monoisotopic (exact) mass is 458 g/mol. The maximum Gasteiger partial charge on any atom is 0.315 e. The predicted octanol–water partition coefficient (Wildman–Crippen LogP) is 2.13. The highest BCUT2D eigenvalue weighted by Crippen LogP contribution is 2.27. The first-order valence-electron chi connectivity index (χ1n) is 11.8. The number of nitrogens with zero attached hydrogens (tertiary/aromatic N) is 4. The smallest absolute Gasteiger partial charge is 0.315 e. The van der Waals surface area contributed by atoms with Gasteiger partial charge in [-0.1, -0.05) is 17.3 Å². The summed E-state index contributed by atoms with van der Waals surface area (Å²) >= 11 is 0. The molecule has 10 heteroatoms. The summed E-state index contributed by atoms with van der Waals surface area (Å²) in [5, 5.41) is 14.8. The lowest BCUT2D eigenvalue weighted by Gasteiger charge is -2.32. The van der Waals surface area contributed by atoms with Crippen LogP contribution >= 0.6 is 0 Å². The molecule has 2 aromatic rings. The predicted molar refractivity (Wildman–Crippen MR) is 118 cm³/mol. The van der Waals surface area contributed by atoms with Crippen molar-refractivity contribution in [2.75, 3.05) is 26.2 Å². The van der Waals surface area contributed by atoms with Crippen LogP contribution in [-0.2, 0) is 29.2 Å². The Labute approximate surface area is 192 Å². The number of benzene rings is 1. The Bertz CT molecular complexity index is 938. The van der Waals surface area contributed by atoms with Crippen LogP contribution in [0, 0.1) is 5.82 Å². The van der Waals surface area contributed by atoms with Crippen LogP contribution in [0.15, 0.2) is 24.3 Å². The van der Waals surface area contributed by atoms with Gasteiger partial charge in [0.15, 0.2) is 0 Å². The number of carbonyl (C=O) groups excluding carboxylic acids is 1. The average molecular weight is 459 g/mol. The van der Waals surface area contributed by atoms with E-state index in [0.717, 1.165) is 68.9 Å². The van der Waals surface area contributed by atoms with Crippen molar-refractivity contribution in [2.45, 2.75) is 63.6 Å². The van der Waals surface area contributed by atoms with Gasteiger partial charge in [0.2, 0.25) is 0 Å². The third-order valence-electron chi connectivity index (χ3n) is 6.73. The first-order chi connectivity index (χ1) is 16.1. The lowest BCUT2D eigenvalue weighted by Crippen LogP contribution is -2.48. The van der Waals surface area contributed by atoms with Crippen LogP contribution in [0.2, 0.25) is 0 Å². The highest BCUT2D eigenvalue weighted by atomic mass is 19.1. The summed E-state index contributed by atoms with van der Waals surface area (Å²) < 4.78 is 26.7. The molecule has 0 unspecified atom stereocenters. The van der Waals surface area contributed by atoms with Gasteiger partial charge in [-0.3, -0.25) is 4.90 Å². The first kappa shape index (κ1) is 22.2. The normalized spacial score (nSPS) is 23.9. The second-order valence-electron chi connectivity index (χ2n) is 9.06. The minimum atomic E-state index is -0.253. The molecular formula is C23H31FN6O3. The minimum Gasteiger partial charge on any atom is -0.376 e. The molecule has 2 atom stereocenters. The zero-order chi connectivity index (χ0) is 22.6. The lowest BCUT2D eigenvalue weighted by atomic mass is 10.0. The number of aromatic nitrogens is 3. The lowest BCUT2D eigenvalue weighted by molar-refractivity contribution is -0.00219. The fourth-order valence-electron chi connectivity index (χ4n) is 4.76. The molecule has 3 aliphatic heterocycles. The van der Waals surface area contributed by atoms with Gasteiger partial charge in [0, 0.05) is 38.8 Å². The molecule has 2 fully saturated rings. The number of amides is 2.